The van der Waals surface area contributed by atoms with Gasteiger partial charge >= 0.3 is 6.18 Å². The second-order valence-electron chi connectivity index (χ2n) is 5.43. The van der Waals surface area contributed by atoms with Gasteiger partial charge in [0, 0.05) is 18.0 Å². The third-order valence-electron chi connectivity index (χ3n) is 4.18. The van der Waals surface area contributed by atoms with Crippen LogP contribution in [-0.2, 0) is 0 Å². The molecule has 1 unspecified atom stereocenters. The minimum absolute atomic E-state index is 0.0399. The summed E-state index contributed by atoms with van der Waals surface area (Å²) in [6.45, 7) is 0. The number of rotatable bonds is 5. The number of likely N-dealkylation sites (N-methyl/N-ethyl adjacent to an activating group) is 1. The first kappa shape index (κ1) is 15.7. The molecule has 0 amide bonds. The van der Waals surface area contributed by atoms with E-state index in [0.29, 0.717) is 0 Å². The Kier molecular flexibility index (Phi) is 5.43. The molecule has 1 aliphatic rings. The quantitative estimate of drug-likeness (QED) is 0.594. The zero-order chi connectivity index (χ0) is 13.8. The predicted octanol–water partition coefficient (Wildman–Crippen LogP) is 2.43. The van der Waals surface area contributed by atoms with Crippen LogP contribution >= 0.6 is 0 Å². The molecule has 3 N–H and O–H groups in total. The molecule has 0 saturated heterocycles. The molecule has 0 radical (unpaired) electrons. The van der Waals surface area contributed by atoms with Crippen molar-refractivity contribution >= 4 is 0 Å². The lowest BCUT2D eigenvalue weighted by molar-refractivity contribution is -0.139. The highest BCUT2D eigenvalue weighted by Crippen LogP contribution is 2.37. The fourth-order valence-corrected chi connectivity index (χ4v) is 3.09. The summed E-state index contributed by atoms with van der Waals surface area (Å²) >= 11 is 0. The van der Waals surface area contributed by atoms with Crippen molar-refractivity contribution in [3.8, 4) is 0 Å². The molecular formula is C12H24F3N3. The first-order valence-electron chi connectivity index (χ1n) is 6.52. The fourth-order valence-electron chi connectivity index (χ4n) is 3.09. The highest BCUT2D eigenvalue weighted by atomic mass is 19.4. The predicted molar refractivity (Wildman–Crippen MR) is 65.9 cm³/mol. The van der Waals surface area contributed by atoms with Gasteiger partial charge < -0.3 is 4.90 Å². The van der Waals surface area contributed by atoms with Gasteiger partial charge in [0.05, 0.1) is 0 Å². The molecule has 1 fully saturated rings. The van der Waals surface area contributed by atoms with Crippen LogP contribution in [0.15, 0.2) is 0 Å². The first-order valence-corrected chi connectivity index (χ1v) is 6.52. The first-order chi connectivity index (χ1) is 8.32. The number of halogens is 3. The second kappa shape index (κ2) is 6.21. The number of nitrogens with one attached hydrogen (secondary N) is 1. The highest BCUT2D eigenvalue weighted by Gasteiger charge is 2.42. The van der Waals surface area contributed by atoms with E-state index in [-0.39, 0.29) is 18.0 Å². The Labute approximate surface area is 107 Å². The van der Waals surface area contributed by atoms with Crippen molar-refractivity contribution in [1.82, 2.24) is 10.3 Å². The number of hydrogen-bond acceptors (Lipinski definition) is 3. The van der Waals surface area contributed by atoms with Gasteiger partial charge in [-0.2, -0.15) is 13.2 Å². The summed E-state index contributed by atoms with van der Waals surface area (Å²) in [5.74, 6) is 5.51. The van der Waals surface area contributed by atoms with Crippen molar-refractivity contribution in [2.24, 2.45) is 5.84 Å². The van der Waals surface area contributed by atoms with Crippen molar-refractivity contribution in [2.75, 3.05) is 14.1 Å². The Morgan fingerprint density at radius 2 is 1.78 bits per heavy atom. The van der Waals surface area contributed by atoms with Crippen LogP contribution in [0.4, 0.5) is 13.2 Å². The molecule has 108 valence electrons. The summed E-state index contributed by atoms with van der Waals surface area (Å²) in [5, 5.41) is 0. The van der Waals surface area contributed by atoms with Gasteiger partial charge in [0.25, 0.3) is 0 Å². The number of hydrogen-bond donors (Lipinski definition) is 2. The van der Waals surface area contributed by atoms with Gasteiger partial charge in [-0.1, -0.05) is 19.3 Å². The molecule has 0 heterocycles. The molecular weight excluding hydrogens is 243 g/mol. The average Bonchev–Trinajstić information content (AvgIpc) is 2.29. The van der Waals surface area contributed by atoms with Crippen molar-refractivity contribution < 1.29 is 13.2 Å². The van der Waals surface area contributed by atoms with Crippen LogP contribution in [0.5, 0.6) is 0 Å². The monoisotopic (exact) mass is 267 g/mol. The highest BCUT2D eigenvalue weighted by molar-refractivity contribution is 4.99. The molecule has 0 spiro atoms. The van der Waals surface area contributed by atoms with Crippen LogP contribution in [0.1, 0.15) is 44.9 Å². The Bertz CT molecular complexity index is 247. The van der Waals surface area contributed by atoms with Crippen molar-refractivity contribution in [2.45, 2.75) is 62.7 Å². The molecule has 0 bridgehead atoms. The summed E-state index contributed by atoms with van der Waals surface area (Å²) in [4.78, 5) is 2.05. The van der Waals surface area contributed by atoms with Crippen LogP contribution in [-0.4, -0.2) is 36.8 Å². The molecule has 0 aliphatic heterocycles. The summed E-state index contributed by atoms with van der Waals surface area (Å²) in [7, 11) is 3.87. The molecule has 1 saturated carbocycles. The van der Waals surface area contributed by atoms with Gasteiger partial charge in [-0.15, -0.1) is 0 Å². The zero-order valence-electron chi connectivity index (χ0n) is 11.2. The SMILES string of the molecule is CN(C)C1(C(CCC(F)(F)F)NN)CCCCC1. The van der Waals surface area contributed by atoms with Crippen LogP contribution in [0.25, 0.3) is 0 Å². The molecule has 1 atom stereocenters. The van der Waals surface area contributed by atoms with Crippen molar-refractivity contribution in [1.29, 1.82) is 0 Å². The van der Waals surface area contributed by atoms with Gasteiger partial charge in [-0.05, 0) is 33.4 Å². The number of nitrogens with two attached hydrogens (primary N) is 1. The van der Waals surface area contributed by atoms with E-state index < -0.39 is 12.6 Å². The Hall–Kier alpha value is -0.330. The minimum atomic E-state index is -4.11. The summed E-state index contributed by atoms with van der Waals surface area (Å²) in [6.07, 6.45) is 0.239. The lowest BCUT2D eigenvalue weighted by Crippen LogP contribution is -2.61. The second-order valence-corrected chi connectivity index (χ2v) is 5.43. The number of hydrazine groups is 1. The van der Waals surface area contributed by atoms with E-state index in [0.717, 1.165) is 32.1 Å². The van der Waals surface area contributed by atoms with E-state index >= 15 is 0 Å². The minimum Gasteiger partial charge on any atom is -0.302 e. The smallest absolute Gasteiger partial charge is 0.302 e. The molecule has 6 heteroatoms. The van der Waals surface area contributed by atoms with Crippen LogP contribution < -0.4 is 11.3 Å². The molecule has 0 aromatic heterocycles. The van der Waals surface area contributed by atoms with E-state index in [1.807, 2.05) is 19.0 Å². The maximum atomic E-state index is 12.4. The standard InChI is InChI=1S/C12H24F3N3/c1-18(2)11(7-4-3-5-8-11)10(17-16)6-9-12(13,14)15/h10,17H,3-9,16H2,1-2H3. The maximum Gasteiger partial charge on any atom is 0.389 e. The molecule has 18 heavy (non-hydrogen) atoms. The van der Waals surface area contributed by atoms with Crippen LogP contribution in [0.3, 0.4) is 0 Å². The maximum absolute atomic E-state index is 12.4. The summed E-state index contributed by atoms with van der Waals surface area (Å²) in [6, 6.07) is -0.311. The van der Waals surface area contributed by atoms with E-state index in [9.17, 15) is 13.2 Å². The van der Waals surface area contributed by atoms with Gasteiger partial charge in [0.2, 0.25) is 0 Å². The Morgan fingerprint density at radius 1 is 1.22 bits per heavy atom. The third-order valence-corrected chi connectivity index (χ3v) is 4.18. The normalized spacial score (nSPS) is 22.2. The topological polar surface area (TPSA) is 41.3 Å². The van der Waals surface area contributed by atoms with E-state index in [2.05, 4.69) is 5.43 Å². The Morgan fingerprint density at radius 3 is 2.17 bits per heavy atom. The zero-order valence-corrected chi connectivity index (χ0v) is 11.2. The molecule has 1 rings (SSSR count). The molecule has 0 aromatic carbocycles. The van der Waals surface area contributed by atoms with Crippen LogP contribution in [0.2, 0.25) is 0 Å². The van der Waals surface area contributed by atoms with Crippen molar-refractivity contribution in [3.63, 3.8) is 0 Å². The molecule has 1 aliphatic carbocycles. The number of alkyl halides is 3. The average molecular weight is 267 g/mol. The third kappa shape index (κ3) is 3.83. The molecule has 0 aromatic rings. The van der Waals surface area contributed by atoms with Gasteiger partial charge in [-0.25, -0.2) is 0 Å². The fraction of sp³-hybridized carbons (Fsp3) is 1.00. The lowest BCUT2D eigenvalue weighted by atomic mass is 9.74. The lowest BCUT2D eigenvalue weighted by Gasteiger charge is -2.48. The van der Waals surface area contributed by atoms with Crippen molar-refractivity contribution in [3.05, 3.63) is 0 Å². The molecule has 3 nitrogen and oxygen atoms in total. The summed E-state index contributed by atoms with van der Waals surface area (Å²) < 4.78 is 37.1. The van der Waals surface area contributed by atoms with E-state index in [1.165, 1.54) is 0 Å². The van der Waals surface area contributed by atoms with Gasteiger partial charge in [0.1, 0.15) is 0 Å². The van der Waals surface area contributed by atoms with Crippen LogP contribution in [0, 0.1) is 0 Å². The largest absolute Gasteiger partial charge is 0.389 e. The Balaban J connectivity index is 2.74. The van der Waals surface area contributed by atoms with Gasteiger partial charge in [-0.3, -0.25) is 11.3 Å². The van der Waals surface area contributed by atoms with E-state index in [4.69, 9.17) is 5.84 Å². The summed E-state index contributed by atoms with van der Waals surface area (Å²) in [5.41, 5.74) is 2.39. The van der Waals surface area contributed by atoms with Gasteiger partial charge in [0.15, 0.2) is 0 Å². The number of nitrogens with zero attached hydrogens (tertiary/aromatic N) is 1. The van der Waals surface area contributed by atoms with E-state index in [1.54, 1.807) is 0 Å².